The van der Waals surface area contributed by atoms with Gasteiger partial charge in [0.25, 0.3) is 0 Å². The Morgan fingerprint density at radius 3 is 1.73 bits per heavy atom. The van der Waals surface area contributed by atoms with Gasteiger partial charge in [-0.1, -0.05) is 0 Å². The van der Waals surface area contributed by atoms with Gasteiger partial charge in [-0.2, -0.15) is 0 Å². The maximum absolute atomic E-state index is 2.74. The lowest BCUT2D eigenvalue weighted by Crippen LogP contribution is -2.51. The third-order valence-electron chi connectivity index (χ3n) is 6.37. The summed E-state index contributed by atoms with van der Waals surface area (Å²) in [5.74, 6) is 0. The predicted molar refractivity (Wildman–Crippen MR) is 91.3 cm³/mol. The van der Waals surface area contributed by atoms with E-state index in [4.69, 9.17) is 0 Å². The molecule has 126 valence electrons. The van der Waals surface area contributed by atoms with E-state index in [1.165, 1.54) is 91.0 Å². The summed E-state index contributed by atoms with van der Waals surface area (Å²) in [6.07, 6.45) is 7.20. The van der Waals surface area contributed by atoms with Crippen LogP contribution in [0.15, 0.2) is 0 Å². The SMILES string of the molecule is CC(CCN1CCN(C2CC2)CC1)N1CCN(C2CC2)CC1. The number of hydrogen-bond acceptors (Lipinski definition) is 4. The summed E-state index contributed by atoms with van der Waals surface area (Å²) in [6, 6.07) is 2.69. The fourth-order valence-electron chi connectivity index (χ4n) is 4.33. The Balaban J connectivity index is 1.13. The van der Waals surface area contributed by atoms with Crippen molar-refractivity contribution in [3.63, 3.8) is 0 Å². The number of piperazine rings is 2. The molecule has 4 rings (SSSR count). The first-order valence-electron chi connectivity index (χ1n) is 9.74. The van der Waals surface area contributed by atoms with Crippen LogP contribution in [0.25, 0.3) is 0 Å². The minimum absolute atomic E-state index is 0.766. The van der Waals surface area contributed by atoms with E-state index >= 15 is 0 Å². The van der Waals surface area contributed by atoms with Gasteiger partial charge < -0.3 is 4.90 Å². The van der Waals surface area contributed by atoms with Gasteiger partial charge in [-0.3, -0.25) is 14.7 Å². The minimum Gasteiger partial charge on any atom is -0.301 e. The first-order valence-corrected chi connectivity index (χ1v) is 9.74. The van der Waals surface area contributed by atoms with E-state index in [0.717, 1.165) is 18.1 Å². The van der Waals surface area contributed by atoms with E-state index in [0.29, 0.717) is 0 Å². The van der Waals surface area contributed by atoms with Crippen molar-refractivity contribution in [3.05, 3.63) is 0 Å². The molecule has 0 radical (unpaired) electrons. The summed E-state index contributed by atoms with van der Waals surface area (Å²) in [5.41, 5.74) is 0. The van der Waals surface area contributed by atoms with Crippen LogP contribution in [0, 0.1) is 0 Å². The Bertz CT molecular complexity index is 350. The van der Waals surface area contributed by atoms with Crippen molar-refractivity contribution in [2.24, 2.45) is 0 Å². The molecular formula is C18H34N4. The average molecular weight is 306 g/mol. The number of hydrogen-bond donors (Lipinski definition) is 0. The zero-order valence-electron chi connectivity index (χ0n) is 14.4. The van der Waals surface area contributed by atoms with E-state index in [1.54, 1.807) is 0 Å². The van der Waals surface area contributed by atoms with Crippen molar-refractivity contribution < 1.29 is 0 Å². The van der Waals surface area contributed by atoms with E-state index in [9.17, 15) is 0 Å². The summed E-state index contributed by atoms with van der Waals surface area (Å²) in [7, 11) is 0. The van der Waals surface area contributed by atoms with Crippen molar-refractivity contribution in [3.8, 4) is 0 Å². The first-order chi connectivity index (χ1) is 10.8. The second-order valence-electron chi connectivity index (χ2n) is 8.05. The van der Waals surface area contributed by atoms with E-state index in [2.05, 4.69) is 26.5 Å². The molecule has 4 aliphatic rings. The Labute approximate surface area is 136 Å². The maximum Gasteiger partial charge on any atom is 0.0113 e. The quantitative estimate of drug-likeness (QED) is 0.734. The monoisotopic (exact) mass is 306 g/mol. The summed E-state index contributed by atoms with van der Waals surface area (Å²) in [6.45, 7) is 14.2. The van der Waals surface area contributed by atoms with E-state index in [-0.39, 0.29) is 0 Å². The summed E-state index contributed by atoms with van der Waals surface area (Å²) in [5, 5.41) is 0. The largest absolute Gasteiger partial charge is 0.301 e. The molecule has 2 saturated carbocycles. The molecule has 22 heavy (non-hydrogen) atoms. The molecular weight excluding hydrogens is 272 g/mol. The summed E-state index contributed by atoms with van der Waals surface area (Å²) >= 11 is 0. The van der Waals surface area contributed by atoms with Crippen molar-refractivity contribution in [2.75, 3.05) is 58.9 Å². The molecule has 0 aromatic carbocycles. The molecule has 2 aliphatic carbocycles. The van der Waals surface area contributed by atoms with Crippen LogP contribution in [-0.4, -0.2) is 96.6 Å². The van der Waals surface area contributed by atoms with Crippen LogP contribution in [0.4, 0.5) is 0 Å². The Morgan fingerprint density at radius 2 is 1.23 bits per heavy atom. The van der Waals surface area contributed by atoms with Gasteiger partial charge in [-0.05, 0) is 45.6 Å². The first kappa shape index (κ1) is 15.4. The average Bonchev–Trinajstić information content (AvgIpc) is 3.45. The molecule has 1 unspecified atom stereocenters. The minimum atomic E-state index is 0.766. The highest BCUT2D eigenvalue weighted by Crippen LogP contribution is 2.28. The highest BCUT2D eigenvalue weighted by molar-refractivity contribution is 4.89. The Morgan fingerprint density at radius 1 is 0.727 bits per heavy atom. The third kappa shape index (κ3) is 3.84. The molecule has 0 spiro atoms. The normalized spacial score (nSPS) is 31.5. The zero-order valence-corrected chi connectivity index (χ0v) is 14.4. The van der Waals surface area contributed by atoms with Crippen LogP contribution < -0.4 is 0 Å². The molecule has 0 N–H and O–H groups in total. The smallest absolute Gasteiger partial charge is 0.0113 e. The molecule has 1 atom stereocenters. The lowest BCUT2D eigenvalue weighted by molar-refractivity contribution is 0.0793. The molecule has 4 fully saturated rings. The second-order valence-corrected chi connectivity index (χ2v) is 8.05. The third-order valence-corrected chi connectivity index (χ3v) is 6.37. The molecule has 2 aliphatic heterocycles. The molecule has 2 heterocycles. The van der Waals surface area contributed by atoms with E-state index < -0.39 is 0 Å². The number of nitrogens with zero attached hydrogens (tertiary/aromatic N) is 4. The molecule has 4 heteroatoms. The van der Waals surface area contributed by atoms with Crippen LogP contribution in [0.5, 0.6) is 0 Å². The van der Waals surface area contributed by atoms with Gasteiger partial charge in [0.05, 0.1) is 0 Å². The molecule has 0 amide bonds. The zero-order chi connectivity index (χ0) is 14.9. The van der Waals surface area contributed by atoms with Gasteiger partial charge >= 0.3 is 0 Å². The van der Waals surface area contributed by atoms with Crippen LogP contribution in [-0.2, 0) is 0 Å². The van der Waals surface area contributed by atoms with Gasteiger partial charge in [0.15, 0.2) is 0 Å². The molecule has 4 nitrogen and oxygen atoms in total. The predicted octanol–water partition coefficient (Wildman–Crippen LogP) is 1.33. The lowest BCUT2D eigenvalue weighted by Gasteiger charge is -2.39. The highest BCUT2D eigenvalue weighted by Gasteiger charge is 2.33. The van der Waals surface area contributed by atoms with Crippen LogP contribution in [0.1, 0.15) is 39.0 Å². The molecule has 0 aromatic heterocycles. The van der Waals surface area contributed by atoms with Crippen LogP contribution in [0.3, 0.4) is 0 Å². The molecule has 0 bridgehead atoms. The van der Waals surface area contributed by atoms with Gasteiger partial charge in [0, 0.05) is 70.5 Å². The van der Waals surface area contributed by atoms with Gasteiger partial charge in [-0.25, -0.2) is 0 Å². The standard InChI is InChI=1S/C18H34N4/c1-16(20-12-14-22(15-13-20)18-4-5-18)6-7-19-8-10-21(11-9-19)17-2-3-17/h16-18H,2-15H2,1H3. The molecule has 0 aromatic rings. The maximum atomic E-state index is 2.74. The van der Waals surface area contributed by atoms with Crippen LogP contribution >= 0.6 is 0 Å². The summed E-state index contributed by atoms with van der Waals surface area (Å²) < 4.78 is 0. The van der Waals surface area contributed by atoms with E-state index in [1.807, 2.05) is 0 Å². The highest BCUT2D eigenvalue weighted by atomic mass is 15.3. The van der Waals surface area contributed by atoms with Crippen molar-refractivity contribution in [1.82, 2.24) is 19.6 Å². The fourth-order valence-corrected chi connectivity index (χ4v) is 4.33. The van der Waals surface area contributed by atoms with Crippen molar-refractivity contribution >= 4 is 0 Å². The van der Waals surface area contributed by atoms with Crippen LogP contribution in [0.2, 0.25) is 0 Å². The van der Waals surface area contributed by atoms with Gasteiger partial charge in [-0.15, -0.1) is 0 Å². The van der Waals surface area contributed by atoms with Gasteiger partial charge in [0.2, 0.25) is 0 Å². The Hall–Kier alpha value is -0.160. The number of rotatable bonds is 6. The van der Waals surface area contributed by atoms with Crippen molar-refractivity contribution in [2.45, 2.75) is 57.2 Å². The second kappa shape index (κ2) is 6.76. The fraction of sp³-hybridized carbons (Fsp3) is 1.00. The molecule has 2 saturated heterocycles. The lowest BCUT2D eigenvalue weighted by atomic mass is 10.1. The Kier molecular flexibility index (Phi) is 4.72. The topological polar surface area (TPSA) is 13.0 Å². The van der Waals surface area contributed by atoms with Crippen molar-refractivity contribution in [1.29, 1.82) is 0 Å². The summed E-state index contributed by atoms with van der Waals surface area (Å²) in [4.78, 5) is 10.9. The van der Waals surface area contributed by atoms with Gasteiger partial charge in [0.1, 0.15) is 0 Å².